The van der Waals surface area contributed by atoms with Gasteiger partial charge in [-0.15, -0.1) is 0 Å². The molecule has 1 aromatic carbocycles. The maximum absolute atomic E-state index is 12.7. The molecule has 0 atom stereocenters. The molecular weight excluding hydrogens is 245 g/mol. The molecule has 6 heteroatoms. The number of hydrogen-bond acceptors (Lipinski definition) is 2. The fourth-order valence-electron chi connectivity index (χ4n) is 1.77. The molecule has 1 aromatic rings. The summed E-state index contributed by atoms with van der Waals surface area (Å²) in [6.45, 7) is 0.160. The van der Waals surface area contributed by atoms with Crippen molar-refractivity contribution in [3.05, 3.63) is 29.8 Å². The van der Waals surface area contributed by atoms with Crippen molar-refractivity contribution in [3.8, 4) is 0 Å². The van der Waals surface area contributed by atoms with E-state index in [1.165, 1.54) is 18.2 Å². The van der Waals surface area contributed by atoms with Crippen LogP contribution in [0.15, 0.2) is 24.3 Å². The lowest BCUT2D eigenvalue weighted by Crippen LogP contribution is -2.31. The van der Waals surface area contributed by atoms with E-state index < -0.39 is 23.1 Å². The maximum atomic E-state index is 12.7. The number of anilines is 1. The van der Waals surface area contributed by atoms with Gasteiger partial charge in [-0.1, -0.05) is 12.1 Å². The molecule has 1 aliphatic carbocycles. The van der Waals surface area contributed by atoms with Crippen molar-refractivity contribution < 1.29 is 18.0 Å². The Hall–Kier alpha value is -1.56. The first-order chi connectivity index (χ1) is 8.39. The molecule has 3 nitrogen and oxygen atoms in total. The van der Waals surface area contributed by atoms with Crippen LogP contribution in [0.5, 0.6) is 0 Å². The van der Waals surface area contributed by atoms with Gasteiger partial charge in [0.2, 0.25) is 5.91 Å². The van der Waals surface area contributed by atoms with Gasteiger partial charge in [-0.25, -0.2) is 0 Å². The van der Waals surface area contributed by atoms with E-state index in [1.54, 1.807) is 0 Å². The van der Waals surface area contributed by atoms with Crippen LogP contribution in [-0.2, 0) is 11.0 Å². The largest absolute Gasteiger partial charge is 0.418 e. The molecule has 1 fully saturated rings. The molecule has 0 saturated heterocycles. The highest BCUT2D eigenvalue weighted by Crippen LogP contribution is 2.46. The molecule has 1 amide bonds. The number of nitrogens with two attached hydrogens (primary N) is 1. The number of nitrogens with one attached hydrogen (secondary N) is 1. The van der Waals surface area contributed by atoms with Gasteiger partial charge in [0.05, 0.1) is 16.7 Å². The number of carbonyl (C=O) groups excluding carboxylic acids is 1. The van der Waals surface area contributed by atoms with Crippen molar-refractivity contribution in [2.45, 2.75) is 19.0 Å². The zero-order valence-electron chi connectivity index (χ0n) is 9.55. The molecule has 0 aromatic heterocycles. The Morgan fingerprint density at radius 1 is 1.33 bits per heavy atom. The average molecular weight is 258 g/mol. The van der Waals surface area contributed by atoms with Crippen LogP contribution < -0.4 is 11.1 Å². The highest BCUT2D eigenvalue weighted by molar-refractivity contribution is 5.98. The molecule has 1 aliphatic rings. The summed E-state index contributed by atoms with van der Waals surface area (Å²) in [5, 5.41) is 2.33. The van der Waals surface area contributed by atoms with E-state index in [0.717, 1.165) is 6.07 Å². The number of para-hydroxylation sites is 1. The topological polar surface area (TPSA) is 55.1 Å². The predicted octanol–water partition coefficient (Wildman–Crippen LogP) is 2.38. The summed E-state index contributed by atoms with van der Waals surface area (Å²) in [5.41, 5.74) is 3.74. The van der Waals surface area contributed by atoms with Gasteiger partial charge in [-0.2, -0.15) is 13.2 Å². The highest BCUT2D eigenvalue weighted by atomic mass is 19.4. The molecule has 18 heavy (non-hydrogen) atoms. The SMILES string of the molecule is NCC1(C(=O)Nc2ccccc2C(F)(F)F)CC1. The Morgan fingerprint density at radius 3 is 2.44 bits per heavy atom. The van der Waals surface area contributed by atoms with Gasteiger partial charge < -0.3 is 11.1 Å². The molecule has 0 bridgehead atoms. The maximum Gasteiger partial charge on any atom is 0.418 e. The Labute approximate surface area is 102 Å². The summed E-state index contributed by atoms with van der Waals surface area (Å²) in [5.74, 6) is -0.429. The third-order valence-corrected chi connectivity index (χ3v) is 3.21. The van der Waals surface area contributed by atoms with Crippen LogP contribution in [0.3, 0.4) is 0 Å². The van der Waals surface area contributed by atoms with E-state index in [9.17, 15) is 18.0 Å². The van der Waals surface area contributed by atoms with E-state index in [-0.39, 0.29) is 12.2 Å². The minimum Gasteiger partial charge on any atom is -0.329 e. The normalized spacial score (nSPS) is 17.3. The molecule has 0 radical (unpaired) electrons. The summed E-state index contributed by atoms with van der Waals surface area (Å²) >= 11 is 0. The highest BCUT2D eigenvalue weighted by Gasteiger charge is 2.49. The summed E-state index contributed by atoms with van der Waals surface area (Å²) in [4.78, 5) is 11.8. The predicted molar refractivity (Wildman–Crippen MR) is 60.8 cm³/mol. The van der Waals surface area contributed by atoms with Crippen LogP contribution in [0.25, 0.3) is 0 Å². The Kier molecular flexibility index (Phi) is 3.06. The van der Waals surface area contributed by atoms with Crippen LogP contribution in [0.4, 0.5) is 18.9 Å². The first-order valence-corrected chi connectivity index (χ1v) is 5.57. The third-order valence-electron chi connectivity index (χ3n) is 3.21. The van der Waals surface area contributed by atoms with Gasteiger partial charge in [0.15, 0.2) is 0 Å². The van der Waals surface area contributed by atoms with Crippen LogP contribution in [0.2, 0.25) is 0 Å². The smallest absolute Gasteiger partial charge is 0.329 e. The van der Waals surface area contributed by atoms with Gasteiger partial charge in [-0.05, 0) is 25.0 Å². The quantitative estimate of drug-likeness (QED) is 0.874. The van der Waals surface area contributed by atoms with E-state index in [0.29, 0.717) is 12.8 Å². The molecule has 3 N–H and O–H groups in total. The fraction of sp³-hybridized carbons (Fsp3) is 0.417. The Balaban J connectivity index is 2.22. The van der Waals surface area contributed by atoms with Crippen molar-refractivity contribution >= 4 is 11.6 Å². The molecule has 0 heterocycles. The van der Waals surface area contributed by atoms with Crippen molar-refractivity contribution in [1.82, 2.24) is 0 Å². The van der Waals surface area contributed by atoms with Crippen LogP contribution in [-0.4, -0.2) is 12.5 Å². The second-order valence-electron chi connectivity index (χ2n) is 4.48. The monoisotopic (exact) mass is 258 g/mol. The average Bonchev–Trinajstić information content (AvgIpc) is 3.09. The number of halogens is 3. The zero-order chi connectivity index (χ0) is 13.4. The number of benzene rings is 1. The van der Waals surface area contributed by atoms with Crippen molar-refractivity contribution in [3.63, 3.8) is 0 Å². The molecular formula is C12H13F3N2O. The minimum absolute atomic E-state index is 0.160. The summed E-state index contributed by atoms with van der Waals surface area (Å²) in [6.07, 6.45) is -3.23. The van der Waals surface area contributed by atoms with Gasteiger partial charge in [-0.3, -0.25) is 4.79 Å². The summed E-state index contributed by atoms with van der Waals surface area (Å²) in [7, 11) is 0. The molecule has 0 spiro atoms. The number of carbonyl (C=O) groups is 1. The zero-order valence-corrected chi connectivity index (χ0v) is 9.55. The van der Waals surface area contributed by atoms with Gasteiger partial charge in [0.1, 0.15) is 0 Å². The fourth-order valence-corrected chi connectivity index (χ4v) is 1.77. The number of hydrogen-bond donors (Lipinski definition) is 2. The van der Waals surface area contributed by atoms with Gasteiger partial charge >= 0.3 is 6.18 Å². The number of amides is 1. The summed E-state index contributed by atoms with van der Waals surface area (Å²) in [6, 6.07) is 4.92. The molecule has 2 rings (SSSR count). The van der Waals surface area contributed by atoms with Crippen LogP contribution in [0.1, 0.15) is 18.4 Å². The molecule has 0 unspecified atom stereocenters. The second-order valence-corrected chi connectivity index (χ2v) is 4.48. The summed E-state index contributed by atoms with van der Waals surface area (Å²) < 4.78 is 38.2. The third kappa shape index (κ3) is 2.33. The standard InChI is InChI=1S/C12H13F3N2O/c13-12(14,15)8-3-1-2-4-9(8)17-10(18)11(7-16)5-6-11/h1-4H,5-7,16H2,(H,17,18). The van der Waals surface area contributed by atoms with Crippen molar-refractivity contribution in [2.24, 2.45) is 11.1 Å². The van der Waals surface area contributed by atoms with E-state index in [2.05, 4.69) is 5.32 Å². The van der Waals surface area contributed by atoms with Crippen molar-refractivity contribution in [2.75, 3.05) is 11.9 Å². The minimum atomic E-state index is -4.48. The second kappa shape index (κ2) is 4.28. The van der Waals surface area contributed by atoms with E-state index >= 15 is 0 Å². The number of alkyl halides is 3. The van der Waals surface area contributed by atoms with Crippen LogP contribution in [0, 0.1) is 5.41 Å². The lowest BCUT2D eigenvalue weighted by molar-refractivity contribution is -0.137. The molecule has 98 valence electrons. The van der Waals surface area contributed by atoms with Crippen LogP contribution >= 0.6 is 0 Å². The first-order valence-electron chi connectivity index (χ1n) is 5.57. The number of rotatable bonds is 3. The Morgan fingerprint density at radius 2 is 1.94 bits per heavy atom. The van der Waals surface area contributed by atoms with E-state index in [4.69, 9.17) is 5.73 Å². The van der Waals surface area contributed by atoms with Gasteiger partial charge in [0.25, 0.3) is 0 Å². The van der Waals surface area contributed by atoms with Crippen molar-refractivity contribution in [1.29, 1.82) is 0 Å². The lowest BCUT2D eigenvalue weighted by atomic mass is 10.1. The lowest BCUT2D eigenvalue weighted by Gasteiger charge is -2.16. The molecule has 0 aliphatic heterocycles. The van der Waals surface area contributed by atoms with Gasteiger partial charge in [0, 0.05) is 6.54 Å². The Bertz CT molecular complexity index is 467. The first kappa shape index (κ1) is 12.9. The molecule has 1 saturated carbocycles. The van der Waals surface area contributed by atoms with E-state index in [1.807, 2.05) is 0 Å².